The van der Waals surface area contributed by atoms with Gasteiger partial charge in [0.05, 0.1) is 6.61 Å². The number of nitrogens with zero attached hydrogens (tertiary/aromatic N) is 1. The fourth-order valence-corrected chi connectivity index (χ4v) is 3.99. The van der Waals surface area contributed by atoms with Crippen LogP contribution in [0.4, 0.5) is 0 Å². The van der Waals surface area contributed by atoms with Crippen molar-refractivity contribution in [1.29, 1.82) is 0 Å². The minimum absolute atomic E-state index is 0.0110. The van der Waals surface area contributed by atoms with E-state index in [0.717, 1.165) is 31.2 Å². The normalized spacial score (nSPS) is 28.5. The number of nitrogens with one attached hydrogen (secondary N) is 1. The zero-order chi connectivity index (χ0) is 18.7. The zero-order valence-electron chi connectivity index (χ0n) is 16.0. The highest BCUT2D eigenvalue weighted by molar-refractivity contribution is 5.89. The van der Waals surface area contributed by atoms with Crippen molar-refractivity contribution in [3.63, 3.8) is 0 Å². The Balaban J connectivity index is 1.74. The highest BCUT2D eigenvalue weighted by atomic mass is 16.5. The molecule has 1 saturated heterocycles. The summed E-state index contributed by atoms with van der Waals surface area (Å²) in [6.07, 6.45) is 3.69. The van der Waals surface area contributed by atoms with Gasteiger partial charge in [0.1, 0.15) is 11.8 Å². The maximum atomic E-state index is 13.0. The molecule has 2 amide bonds. The van der Waals surface area contributed by atoms with E-state index in [0.29, 0.717) is 12.5 Å². The summed E-state index contributed by atoms with van der Waals surface area (Å²) in [5.41, 5.74) is 0.450. The summed E-state index contributed by atoms with van der Waals surface area (Å²) >= 11 is 0. The van der Waals surface area contributed by atoms with Crippen molar-refractivity contribution in [1.82, 2.24) is 10.2 Å². The molecule has 3 rings (SSSR count). The summed E-state index contributed by atoms with van der Waals surface area (Å²) < 4.78 is 6.14. The van der Waals surface area contributed by atoms with Gasteiger partial charge in [0.15, 0.2) is 0 Å². The van der Waals surface area contributed by atoms with Crippen molar-refractivity contribution in [2.75, 3.05) is 6.61 Å². The Morgan fingerprint density at radius 1 is 1.23 bits per heavy atom. The SMILES string of the molecule is CC1CCC2(CC1)OCC(C(=O)NCc1ccccc1)N2C(=O)C(C)C. The van der Waals surface area contributed by atoms with Crippen molar-refractivity contribution in [3.8, 4) is 0 Å². The highest BCUT2D eigenvalue weighted by Crippen LogP contribution is 2.42. The van der Waals surface area contributed by atoms with Crippen LogP contribution in [0.1, 0.15) is 52.0 Å². The van der Waals surface area contributed by atoms with E-state index in [2.05, 4.69) is 12.2 Å². The molecule has 26 heavy (non-hydrogen) atoms. The molecule has 0 radical (unpaired) electrons. The molecule has 1 aliphatic carbocycles. The van der Waals surface area contributed by atoms with Crippen molar-refractivity contribution < 1.29 is 14.3 Å². The lowest BCUT2D eigenvalue weighted by molar-refractivity contribution is -0.164. The van der Waals surface area contributed by atoms with Crippen molar-refractivity contribution in [3.05, 3.63) is 35.9 Å². The van der Waals surface area contributed by atoms with Gasteiger partial charge in [-0.1, -0.05) is 51.1 Å². The minimum Gasteiger partial charge on any atom is -0.353 e. The van der Waals surface area contributed by atoms with Gasteiger partial charge in [0.2, 0.25) is 11.8 Å². The Morgan fingerprint density at radius 2 is 1.88 bits per heavy atom. The van der Waals surface area contributed by atoms with Gasteiger partial charge in [0, 0.05) is 12.5 Å². The monoisotopic (exact) mass is 358 g/mol. The first kappa shape index (κ1) is 18.9. The van der Waals surface area contributed by atoms with Gasteiger partial charge >= 0.3 is 0 Å². The van der Waals surface area contributed by atoms with Gasteiger partial charge in [-0.05, 0) is 37.2 Å². The van der Waals surface area contributed by atoms with Gasteiger partial charge in [0.25, 0.3) is 0 Å². The van der Waals surface area contributed by atoms with Crippen molar-refractivity contribution in [2.24, 2.45) is 11.8 Å². The first-order valence-electron chi connectivity index (χ1n) is 9.72. The van der Waals surface area contributed by atoms with E-state index in [1.807, 2.05) is 44.2 Å². The fraction of sp³-hybridized carbons (Fsp3) is 0.619. The molecule has 1 heterocycles. The molecule has 142 valence electrons. The number of rotatable bonds is 4. The average molecular weight is 358 g/mol. The zero-order valence-corrected chi connectivity index (χ0v) is 16.0. The molecule has 2 aliphatic rings. The van der Waals surface area contributed by atoms with Crippen LogP contribution in [0.25, 0.3) is 0 Å². The van der Waals surface area contributed by atoms with Crippen LogP contribution in [0.15, 0.2) is 30.3 Å². The molecule has 1 atom stereocenters. The van der Waals surface area contributed by atoms with Crippen LogP contribution in [-0.2, 0) is 20.9 Å². The molecule has 1 unspecified atom stereocenters. The molecule has 1 aromatic rings. The molecule has 0 aromatic heterocycles. The standard InChI is InChI=1S/C21H30N2O3/c1-15(2)20(25)23-18(14-26-21(23)11-9-16(3)10-12-21)19(24)22-13-17-7-5-4-6-8-17/h4-8,15-16,18H,9-14H2,1-3H3,(H,22,24). The largest absolute Gasteiger partial charge is 0.353 e. The van der Waals surface area contributed by atoms with Gasteiger partial charge in [-0.3, -0.25) is 14.5 Å². The molecular weight excluding hydrogens is 328 g/mol. The van der Waals surface area contributed by atoms with E-state index in [-0.39, 0.29) is 24.3 Å². The molecule has 5 heteroatoms. The van der Waals surface area contributed by atoms with Gasteiger partial charge in [-0.25, -0.2) is 0 Å². The molecule has 0 bridgehead atoms. The predicted octanol–water partition coefficient (Wildman–Crippen LogP) is 3.09. The smallest absolute Gasteiger partial charge is 0.245 e. The lowest BCUT2D eigenvalue weighted by Crippen LogP contribution is -2.57. The lowest BCUT2D eigenvalue weighted by Gasteiger charge is -2.43. The Bertz CT molecular complexity index is 636. The van der Waals surface area contributed by atoms with Crippen LogP contribution in [-0.4, -0.2) is 35.1 Å². The third kappa shape index (κ3) is 3.78. The first-order chi connectivity index (χ1) is 12.4. The second kappa shape index (κ2) is 7.78. The summed E-state index contributed by atoms with van der Waals surface area (Å²) in [5.74, 6) is 0.374. The van der Waals surface area contributed by atoms with Crippen LogP contribution in [0.3, 0.4) is 0 Å². The van der Waals surface area contributed by atoms with E-state index in [1.165, 1.54) is 0 Å². The summed E-state index contributed by atoms with van der Waals surface area (Å²) in [4.78, 5) is 27.6. The molecular formula is C21H30N2O3. The van der Waals surface area contributed by atoms with Crippen LogP contribution in [0.2, 0.25) is 0 Å². The molecule has 1 aliphatic heterocycles. The van der Waals surface area contributed by atoms with Gasteiger partial charge in [-0.2, -0.15) is 0 Å². The van der Waals surface area contributed by atoms with Crippen LogP contribution in [0.5, 0.6) is 0 Å². The van der Waals surface area contributed by atoms with Crippen LogP contribution < -0.4 is 5.32 Å². The minimum atomic E-state index is -0.595. The molecule has 1 N–H and O–H groups in total. The average Bonchev–Trinajstić information content (AvgIpc) is 3.01. The number of hydrogen-bond donors (Lipinski definition) is 1. The second-order valence-corrected chi connectivity index (χ2v) is 8.02. The summed E-state index contributed by atoms with van der Waals surface area (Å²) in [5, 5.41) is 2.98. The Labute approximate surface area is 156 Å². The van der Waals surface area contributed by atoms with Crippen LogP contribution >= 0.6 is 0 Å². The number of benzene rings is 1. The number of amides is 2. The molecule has 5 nitrogen and oxygen atoms in total. The lowest BCUT2D eigenvalue weighted by atomic mass is 9.83. The van der Waals surface area contributed by atoms with E-state index in [4.69, 9.17) is 4.74 Å². The molecule has 1 spiro atoms. The van der Waals surface area contributed by atoms with E-state index < -0.39 is 11.8 Å². The van der Waals surface area contributed by atoms with Crippen molar-refractivity contribution >= 4 is 11.8 Å². The van der Waals surface area contributed by atoms with E-state index in [9.17, 15) is 9.59 Å². The Kier molecular flexibility index (Phi) is 5.66. The van der Waals surface area contributed by atoms with Crippen LogP contribution in [0, 0.1) is 11.8 Å². The molecule has 1 aromatic carbocycles. The van der Waals surface area contributed by atoms with Crippen molar-refractivity contribution in [2.45, 2.75) is 64.8 Å². The highest BCUT2D eigenvalue weighted by Gasteiger charge is 2.53. The number of carbonyl (C=O) groups excluding carboxylic acids is 2. The summed E-state index contributed by atoms with van der Waals surface area (Å²) in [7, 11) is 0. The van der Waals surface area contributed by atoms with E-state index >= 15 is 0 Å². The third-order valence-corrected chi connectivity index (χ3v) is 5.66. The number of hydrogen-bond acceptors (Lipinski definition) is 3. The Morgan fingerprint density at radius 3 is 2.50 bits per heavy atom. The van der Waals surface area contributed by atoms with Gasteiger partial charge in [-0.15, -0.1) is 0 Å². The predicted molar refractivity (Wildman–Crippen MR) is 100 cm³/mol. The summed E-state index contributed by atoms with van der Waals surface area (Å²) in [6.45, 7) is 6.76. The number of carbonyl (C=O) groups is 2. The number of ether oxygens (including phenoxy) is 1. The maximum absolute atomic E-state index is 13.0. The molecule has 2 fully saturated rings. The maximum Gasteiger partial charge on any atom is 0.245 e. The quantitative estimate of drug-likeness (QED) is 0.900. The fourth-order valence-electron chi connectivity index (χ4n) is 3.99. The van der Waals surface area contributed by atoms with E-state index in [1.54, 1.807) is 4.90 Å². The molecule has 1 saturated carbocycles. The topological polar surface area (TPSA) is 58.6 Å². The summed E-state index contributed by atoms with van der Waals surface area (Å²) in [6, 6.07) is 9.27. The van der Waals surface area contributed by atoms with Gasteiger partial charge < -0.3 is 10.1 Å². The Hall–Kier alpha value is -1.88. The third-order valence-electron chi connectivity index (χ3n) is 5.66. The second-order valence-electron chi connectivity index (χ2n) is 8.02. The first-order valence-corrected chi connectivity index (χ1v) is 9.72.